The van der Waals surface area contributed by atoms with Crippen molar-refractivity contribution >= 4 is 29.0 Å². The Labute approximate surface area is 108 Å². The average molecular weight is 268 g/mol. The van der Waals surface area contributed by atoms with Gasteiger partial charge in [0.15, 0.2) is 4.34 Å². The van der Waals surface area contributed by atoms with Gasteiger partial charge in [0.2, 0.25) is 5.91 Å². The maximum Gasteiger partial charge on any atom is 0.231 e. The smallest absolute Gasteiger partial charge is 0.231 e. The molecule has 0 aliphatic heterocycles. The molecular formula is C10H12N4OS2. The zero-order chi connectivity index (χ0) is 12.3. The molecule has 5 nitrogen and oxygen atoms in total. The van der Waals surface area contributed by atoms with Crippen LogP contribution in [0.15, 0.2) is 9.85 Å². The van der Waals surface area contributed by atoms with Crippen molar-refractivity contribution in [2.45, 2.75) is 29.6 Å². The number of aromatic nitrogens is 2. The van der Waals surface area contributed by atoms with E-state index in [4.69, 9.17) is 5.26 Å². The van der Waals surface area contributed by atoms with E-state index in [1.54, 1.807) is 12.4 Å². The average Bonchev–Trinajstić information content (AvgIpc) is 3.05. The lowest BCUT2D eigenvalue weighted by molar-refractivity contribution is -0.119. The number of nitrogens with one attached hydrogen (secondary N) is 1. The third kappa shape index (κ3) is 3.17. The van der Waals surface area contributed by atoms with Crippen molar-refractivity contribution < 1.29 is 4.79 Å². The van der Waals surface area contributed by atoms with Crippen LogP contribution in [0.5, 0.6) is 0 Å². The fourth-order valence-electron chi connectivity index (χ4n) is 1.56. The van der Waals surface area contributed by atoms with E-state index in [2.05, 4.69) is 21.6 Å². The van der Waals surface area contributed by atoms with E-state index in [1.165, 1.54) is 23.1 Å². The van der Waals surface area contributed by atoms with Crippen molar-refractivity contribution in [1.29, 1.82) is 5.26 Å². The van der Waals surface area contributed by atoms with Gasteiger partial charge < -0.3 is 5.32 Å². The van der Waals surface area contributed by atoms with Gasteiger partial charge in [-0.25, -0.2) is 0 Å². The molecule has 0 radical (unpaired) electrons. The number of hydrogen-bond acceptors (Lipinski definition) is 6. The molecule has 1 atom stereocenters. The van der Waals surface area contributed by atoms with Crippen LogP contribution < -0.4 is 5.32 Å². The van der Waals surface area contributed by atoms with Gasteiger partial charge in [0.05, 0.1) is 11.8 Å². The lowest BCUT2D eigenvalue weighted by Crippen LogP contribution is -2.47. The summed E-state index contributed by atoms with van der Waals surface area (Å²) >= 11 is 2.74. The van der Waals surface area contributed by atoms with Gasteiger partial charge in [0.25, 0.3) is 0 Å². The van der Waals surface area contributed by atoms with Gasteiger partial charge in [0, 0.05) is 0 Å². The number of nitriles is 1. The number of nitrogens with zero attached hydrogens (tertiary/aromatic N) is 3. The molecule has 0 spiro atoms. The fourth-order valence-corrected chi connectivity index (χ4v) is 2.85. The first-order valence-corrected chi connectivity index (χ1v) is 7.12. The molecule has 1 aromatic rings. The molecule has 1 aliphatic carbocycles. The summed E-state index contributed by atoms with van der Waals surface area (Å²) in [6.07, 6.45) is 2.04. The van der Waals surface area contributed by atoms with Crippen LogP contribution in [0.1, 0.15) is 19.8 Å². The summed E-state index contributed by atoms with van der Waals surface area (Å²) in [5, 5.41) is 19.4. The van der Waals surface area contributed by atoms with E-state index in [9.17, 15) is 4.79 Å². The van der Waals surface area contributed by atoms with E-state index < -0.39 is 5.54 Å². The SMILES string of the molecule is C[C@@](C#N)(NC(=O)CSc1nncs1)C1CC1. The molecule has 1 fully saturated rings. The van der Waals surface area contributed by atoms with E-state index >= 15 is 0 Å². The normalized spacial score (nSPS) is 18.1. The standard InChI is InChI=1S/C10H12N4OS2/c1-10(5-11,7-2-3-7)13-8(15)4-16-9-14-12-6-17-9/h6-7H,2-4H2,1H3,(H,13,15)/t10-/m0/s1. The predicted octanol–water partition coefficient (Wildman–Crippen LogP) is 1.44. The van der Waals surface area contributed by atoms with Crippen LogP contribution in [-0.2, 0) is 4.79 Å². The van der Waals surface area contributed by atoms with E-state index in [-0.39, 0.29) is 11.7 Å². The maximum absolute atomic E-state index is 11.7. The lowest BCUT2D eigenvalue weighted by atomic mass is 9.98. The summed E-state index contributed by atoms with van der Waals surface area (Å²) in [6, 6.07) is 2.20. The minimum absolute atomic E-state index is 0.124. The quantitative estimate of drug-likeness (QED) is 0.817. The number of rotatable bonds is 5. The second-order valence-electron chi connectivity index (χ2n) is 4.13. The second-order valence-corrected chi connectivity index (χ2v) is 6.19. The first-order valence-electron chi connectivity index (χ1n) is 5.25. The molecule has 17 heavy (non-hydrogen) atoms. The zero-order valence-electron chi connectivity index (χ0n) is 9.34. The monoisotopic (exact) mass is 268 g/mol. The van der Waals surface area contributed by atoms with E-state index in [0.29, 0.717) is 5.92 Å². The Kier molecular flexibility index (Phi) is 3.64. The van der Waals surface area contributed by atoms with Crippen molar-refractivity contribution in [3.8, 4) is 6.07 Å². The fraction of sp³-hybridized carbons (Fsp3) is 0.600. The number of thioether (sulfide) groups is 1. The third-order valence-electron chi connectivity index (χ3n) is 2.69. The van der Waals surface area contributed by atoms with Crippen LogP contribution in [0.3, 0.4) is 0 Å². The molecule has 1 aromatic heterocycles. The molecular weight excluding hydrogens is 256 g/mol. The molecule has 1 amide bonds. The maximum atomic E-state index is 11.7. The van der Waals surface area contributed by atoms with Gasteiger partial charge in [0.1, 0.15) is 11.0 Å². The first-order chi connectivity index (χ1) is 8.14. The Hall–Kier alpha value is -1.13. The highest BCUT2D eigenvalue weighted by atomic mass is 32.2. The molecule has 1 N–H and O–H groups in total. The largest absolute Gasteiger partial charge is 0.337 e. The number of hydrogen-bond donors (Lipinski definition) is 1. The molecule has 7 heteroatoms. The number of amides is 1. The minimum Gasteiger partial charge on any atom is -0.337 e. The number of carbonyl (C=O) groups is 1. The highest BCUT2D eigenvalue weighted by Gasteiger charge is 2.42. The predicted molar refractivity (Wildman–Crippen MR) is 65.5 cm³/mol. The molecule has 0 bridgehead atoms. The molecule has 0 unspecified atom stereocenters. The Balaban J connectivity index is 1.82. The Morgan fingerprint density at radius 3 is 3.12 bits per heavy atom. The summed E-state index contributed by atoms with van der Waals surface area (Å²) in [6.45, 7) is 1.79. The lowest BCUT2D eigenvalue weighted by Gasteiger charge is -2.22. The van der Waals surface area contributed by atoms with Gasteiger partial charge in [-0.05, 0) is 25.7 Å². The van der Waals surface area contributed by atoms with Crippen LogP contribution in [0.2, 0.25) is 0 Å². The Morgan fingerprint density at radius 2 is 2.59 bits per heavy atom. The summed E-state index contributed by atoms with van der Waals surface area (Å²) in [7, 11) is 0. The highest BCUT2D eigenvalue weighted by molar-refractivity contribution is 8.01. The van der Waals surface area contributed by atoms with Crippen LogP contribution in [0, 0.1) is 17.2 Å². The molecule has 90 valence electrons. The van der Waals surface area contributed by atoms with Gasteiger partial charge in [-0.2, -0.15) is 5.26 Å². The van der Waals surface area contributed by atoms with Crippen LogP contribution in [0.4, 0.5) is 0 Å². The summed E-state index contributed by atoms with van der Waals surface area (Å²) in [5.74, 6) is 0.461. The Morgan fingerprint density at radius 1 is 1.82 bits per heavy atom. The molecule has 0 saturated heterocycles. The van der Waals surface area contributed by atoms with Crippen molar-refractivity contribution in [2.75, 3.05) is 5.75 Å². The first kappa shape index (κ1) is 12.3. The summed E-state index contributed by atoms with van der Waals surface area (Å²) in [5.41, 5.74) is 0.919. The number of carbonyl (C=O) groups excluding carboxylic acids is 1. The third-order valence-corrected chi connectivity index (χ3v) is 4.55. The highest BCUT2D eigenvalue weighted by Crippen LogP contribution is 2.39. The van der Waals surface area contributed by atoms with Crippen LogP contribution in [0.25, 0.3) is 0 Å². The Bertz CT molecular complexity index is 438. The summed E-state index contributed by atoms with van der Waals surface area (Å²) < 4.78 is 0.769. The molecule has 1 heterocycles. The van der Waals surface area contributed by atoms with Crippen LogP contribution in [-0.4, -0.2) is 27.4 Å². The molecule has 1 aliphatic rings. The summed E-state index contributed by atoms with van der Waals surface area (Å²) in [4.78, 5) is 11.7. The molecule has 1 saturated carbocycles. The minimum atomic E-state index is -0.710. The van der Waals surface area contributed by atoms with E-state index in [1.807, 2.05) is 0 Å². The second kappa shape index (κ2) is 5.02. The van der Waals surface area contributed by atoms with Gasteiger partial charge in [-0.1, -0.05) is 23.1 Å². The molecule has 2 rings (SSSR count). The van der Waals surface area contributed by atoms with Crippen molar-refractivity contribution in [3.05, 3.63) is 5.51 Å². The van der Waals surface area contributed by atoms with Gasteiger partial charge >= 0.3 is 0 Å². The van der Waals surface area contributed by atoms with Crippen LogP contribution >= 0.6 is 23.1 Å². The van der Waals surface area contributed by atoms with Gasteiger partial charge in [-0.3, -0.25) is 4.79 Å². The van der Waals surface area contributed by atoms with Crippen molar-refractivity contribution in [2.24, 2.45) is 5.92 Å². The zero-order valence-corrected chi connectivity index (χ0v) is 11.0. The van der Waals surface area contributed by atoms with Crippen molar-refractivity contribution in [3.63, 3.8) is 0 Å². The van der Waals surface area contributed by atoms with Crippen molar-refractivity contribution in [1.82, 2.24) is 15.5 Å². The molecule has 0 aromatic carbocycles. The van der Waals surface area contributed by atoms with Gasteiger partial charge in [-0.15, -0.1) is 10.2 Å². The topological polar surface area (TPSA) is 78.7 Å². The van der Waals surface area contributed by atoms with E-state index in [0.717, 1.165) is 17.2 Å².